The van der Waals surface area contributed by atoms with Gasteiger partial charge in [-0.2, -0.15) is 11.8 Å². The lowest BCUT2D eigenvalue weighted by Gasteiger charge is -2.44. The number of carbonyl (C=O) groups excluding carboxylic acids is 2. The summed E-state index contributed by atoms with van der Waals surface area (Å²) in [5.41, 5.74) is 2.16. The molecule has 4 rings (SSSR count). The van der Waals surface area contributed by atoms with E-state index in [-0.39, 0.29) is 29.8 Å². The Hall–Kier alpha value is -2.80. The second-order valence-corrected chi connectivity index (χ2v) is 11.0. The van der Waals surface area contributed by atoms with Crippen molar-refractivity contribution in [2.45, 2.75) is 70.6 Å². The molecule has 2 amide bonds. The number of unbranched alkanes of at least 4 members (excludes halogenated alkanes) is 1. The van der Waals surface area contributed by atoms with E-state index in [1.165, 1.54) is 30.7 Å². The molecule has 0 bridgehead atoms. The lowest BCUT2D eigenvalue weighted by atomic mass is 9.89. The van der Waals surface area contributed by atoms with Crippen molar-refractivity contribution < 1.29 is 18.7 Å². The van der Waals surface area contributed by atoms with Crippen LogP contribution in [0.15, 0.2) is 54.3 Å². The van der Waals surface area contributed by atoms with Crippen LogP contribution in [0.3, 0.4) is 0 Å². The molecule has 1 saturated carbocycles. The van der Waals surface area contributed by atoms with Gasteiger partial charge in [0.25, 0.3) is 11.8 Å². The first-order valence-electron chi connectivity index (χ1n) is 13.4. The van der Waals surface area contributed by atoms with Gasteiger partial charge in [-0.3, -0.25) is 9.59 Å². The minimum absolute atomic E-state index is 0.00205. The van der Waals surface area contributed by atoms with E-state index >= 15 is 0 Å². The highest BCUT2D eigenvalue weighted by Gasteiger charge is 2.41. The number of morpholine rings is 1. The van der Waals surface area contributed by atoms with Crippen molar-refractivity contribution in [2.75, 3.05) is 18.1 Å². The van der Waals surface area contributed by atoms with Crippen LogP contribution in [0.5, 0.6) is 0 Å². The summed E-state index contributed by atoms with van der Waals surface area (Å²) in [6.07, 6.45) is 9.00. The fourth-order valence-electron chi connectivity index (χ4n) is 4.90. The molecule has 2 fully saturated rings. The topological polar surface area (TPSA) is 58.6 Å². The van der Waals surface area contributed by atoms with Crippen LogP contribution in [0, 0.1) is 5.82 Å². The average molecular weight is 525 g/mol. The highest BCUT2D eigenvalue weighted by molar-refractivity contribution is 7.99. The monoisotopic (exact) mass is 524 g/mol. The number of thioether (sulfide) groups is 1. The zero-order valence-corrected chi connectivity index (χ0v) is 22.4. The third kappa shape index (κ3) is 7.60. The third-order valence-corrected chi connectivity index (χ3v) is 8.08. The van der Waals surface area contributed by atoms with Gasteiger partial charge in [0.15, 0.2) is 5.76 Å². The number of fused-ring (bicyclic) bond motifs is 1. The Labute approximate surface area is 223 Å². The van der Waals surface area contributed by atoms with Crippen molar-refractivity contribution in [2.24, 2.45) is 0 Å². The van der Waals surface area contributed by atoms with Crippen molar-refractivity contribution in [3.8, 4) is 0 Å². The number of amides is 2. The molecule has 7 heteroatoms. The van der Waals surface area contributed by atoms with Gasteiger partial charge in [0, 0.05) is 18.7 Å². The smallest absolute Gasteiger partial charge is 0.289 e. The molecule has 2 unspecified atom stereocenters. The lowest BCUT2D eigenvalue weighted by molar-refractivity contribution is -0.149. The summed E-state index contributed by atoms with van der Waals surface area (Å²) in [5, 5.41) is 2.98. The van der Waals surface area contributed by atoms with Crippen LogP contribution >= 0.6 is 11.8 Å². The van der Waals surface area contributed by atoms with Gasteiger partial charge in [0.2, 0.25) is 0 Å². The second-order valence-electron chi connectivity index (χ2n) is 9.78. The number of nitrogens with one attached hydrogen (secondary N) is 1. The molecule has 2 aromatic carbocycles. The predicted molar refractivity (Wildman–Crippen MR) is 148 cm³/mol. The molecule has 0 spiro atoms. The van der Waals surface area contributed by atoms with Gasteiger partial charge in [0.05, 0.1) is 6.04 Å². The number of rotatable bonds is 11. The largest absolute Gasteiger partial charge is 0.482 e. The predicted octanol–water partition coefficient (Wildman–Crippen LogP) is 6.19. The van der Waals surface area contributed by atoms with Crippen LogP contribution in [-0.4, -0.2) is 46.9 Å². The van der Waals surface area contributed by atoms with E-state index in [4.69, 9.17) is 4.74 Å². The Kier molecular flexibility index (Phi) is 10.1. The van der Waals surface area contributed by atoms with Crippen molar-refractivity contribution >= 4 is 29.7 Å². The molecule has 2 atom stereocenters. The van der Waals surface area contributed by atoms with Gasteiger partial charge >= 0.3 is 0 Å². The first-order chi connectivity index (χ1) is 18.0. The minimum atomic E-state index is -0.302. The Morgan fingerprint density at radius 1 is 1.14 bits per heavy atom. The summed E-state index contributed by atoms with van der Waals surface area (Å²) < 4.78 is 20.0. The molecule has 37 heavy (non-hydrogen) atoms. The fraction of sp³-hybridized carbons (Fsp3) is 0.467. The summed E-state index contributed by atoms with van der Waals surface area (Å²) in [5.74, 6) is 1.97. The molecular weight excluding hydrogens is 487 g/mol. The normalized spacial score (nSPS) is 20.4. The molecule has 5 nitrogen and oxygen atoms in total. The molecule has 0 aromatic heterocycles. The van der Waals surface area contributed by atoms with Crippen molar-refractivity contribution in [1.29, 1.82) is 0 Å². The van der Waals surface area contributed by atoms with Gasteiger partial charge in [-0.05, 0) is 85.1 Å². The van der Waals surface area contributed by atoms with Crippen LogP contribution in [0.25, 0.3) is 6.08 Å². The number of halogens is 1. The first-order valence-corrected chi connectivity index (χ1v) is 14.6. The van der Waals surface area contributed by atoms with E-state index in [0.29, 0.717) is 24.4 Å². The standard InChI is InChI=1S/C30H37FN2O3S/c1-2-3-17-37-18-7-16-32-29(34)24-14-12-22(13-15-24)20-28-30(35)33(21-23-8-6-9-25(31)19-23)26-10-4-5-11-27(26)36-28/h6,8-9,12-15,19-20,26-27H,2-5,7,10-11,16-18,21H2,1H3,(H,32,34)/b28-20-. The van der Waals surface area contributed by atoms with Gasteiger partial charge in [-0.1, -0.05) is 44.0 Å². The maximum atomic E-state index is 13.8. The summed E-state index contributed by atoms with van der Waals surface area (Å²) in [4.78, 5) is 27.8. The SMILES string of the molecule is CCCCSCCCNC(=O)c1ccc(/C=C2\OC3CCCCC3N(Cc3cccc(F)c3)C2=O)cc1. The number of hydrogen-bond donors (Lipinski definition) is 1. The van der Waals surface area contributed by atoms with E-state index < -0.39 is 0 Å². The van der Waals surface area contributed by atoms with Crippen molar-refractivity contribution in [3.05, 3.63) is 76.8 Å². The second kappa shape index (κ2) is 13.7. The highest BCUT2D eigenvalue weighted by atomic mass is 32.2. The maximum Gasteiger partial charge on any atom is 0.289 e. The van der Waals surface area contributed by atoms with Gasteiger partial charge in [-0.15, -0.1) is 0 Å². The molecule has 2 aliphatic rings. The molecule has 2 aromatic rings. The molecule has 0 radical (unpaired) electrons. The van der Waals surface area contributed by atoms with Crippen LogP contribution < -0.4 is 5.32 Å². The van der Waals surface area contributed by atoms with Crippen LogP contribution in [0.1, 0.15) is 73.4 Å². The first kappa shape index (κ1) is 27.2. The number of benzene rings is 2. The number of nitrogens with zero attached hydrogens (tertiary/aromatic N) is 1. The molecular formula is C30H37FN2O3S. The fourth-order valence-corrected chi connectivity index (χ4v) is 5.95. The van der Waals surface area contributed by atoms with Gasteiger partial charge in [0.1, 0.15) is 11.9 Å². The van der Waals surface area contributed by atoms with E-state index in [0.717, 1.165) is 49.0 Å². The molecule has 1 heterocycles. The van der Waals surface area contributed by atoms with E-state index in [1.807, 2.05) is 34.9 Å². The van der Waals surface area contributed by atoms with Crippen LogP contribution in [0.2, 0.25) is 0 Å². The zero-order valence-electron chi connectivity index (χ0n) is 21.6. The van der Waals surface area contributed by atoms with E-state index in [9.17, 15) is 14.0 Å². The van der Waals surface area contributed by atoms with E-state index in [2.05, 4.69) is 12.2 Å². The van der Waals surface area contributed by atoms with Gasteiger partial charge in [-0.25, -0.2) is 4.39 Å². The minimum Gasteiger partial charge on any atom is -0.482 e. The Balaban J connectivity index is 1.39. The molecule has 1 aliphatic heterocycles. The molecule has 1 N–H and O–H groups in total. The van der Waals surface area contributed by atoms with Crippen LogP contribution in [0.4, 0.5) is 4.39 Å². The Morgan fingerprint density at radius 2 is 1.92 bits per heavy atom. The lowest BCUT2D eigenvalue weighted by Crippen LogP contribution is -2.54. The summed E-state index contributed by atoms with van der Waals surface area (Å²) in [7, 11) is 0. The van der Waals surface area contributed by atoms with Crippen molar-refractivity contribution in [1.82, 2.24) is 10.2 Å². The van der Waals surface area contributed by atoms with Gasteiger partial charge < -0.3 is 15.0 Å². The third-order valence-electron chi connectivity index (χ3n) is 6.92. The Bertz CT molecular complexity index is 1090. The van der Waals surface area contributed by atoms with Crippen LogP contribution in [-0.2, 0) is 16.1 Å². The summed E-state index contributed by atoms with van der Waals surface area (Å²) in [6, 6.07) is 13.6. The van der Waals surface area contributed by atoms with Crippen molar-refractivity contribution in [3.63, 3.8) is 0 Å². The average Bonchev–Trinajstić information content (AvgIpc) is 2.91. The number of carbonyl (C=O) groups is 2. The zero-order chi connectivity index (χ0) is 26.0. The molecule has 1 aliphatic carbocycles. The maximum absolute atomic E-state index is 13.8. The molecule has 1 saturated heterocycles. The quantitative estimate of drug-likeness (QED) is 0.281. The number of ether oxygens (including phenoxy) is 1. The number of hydrogen-bond acceptors (Lipinski definition) is 4. The molecule has 198 valence electrons. The Morgan fingerprint density at radius 3 is 2.70 bits per heavy atom. The summed E-state index contributed by atoms with van der Waals surface area (Å²) in [6.45, 7) is 3.21. The highest BCUT2D eigenvalue weighted by Crippen LogP contribution is 2.34. The van der Waals surface area contributed by atoms with E-state index in [1.54, 1.807) is 24.3 Å². The summed E-state index contributed by atoms with van der Waals surface area (Å²) >= 11 is 1.93.